The zero-order chi connectivity index (χ0) is 13.5. The van der Waals surface area contributed by atoms with Crippen LogP contribution in [0.5, 0.6) is 0 Å². The summed E-state index contributed by atoms with van der Waals surface area (Å²) in [5.41, 5.74) is 0.483. The highest BCUT2D eigenvalue weighted by Gasteiger charge is 2.14. The number of hydrogen-bond donors (Lipinski definition) is 0. The minimum Gasteiger partial charge on any atom is -0.342 e. The number of hydrogen-bond acceptors (Lipinski definition) is 1. The molecule has 0 aliphatic carbocycles. The molecule has 0 aliphatic heterocycles. The van der Waals surface area contributed by atoms with E-state index >= 15 is 0 Å². The van der Waals surface area contributed by atoms with Crippen LogP contribution in [0.4, 0.5) is 4.39 Å². The fraction of sp³-hybridized carbons (Fsp3) is 0.462. The van der Waals surface area contributed by atoms with Crippen LogP contribution >= 0.6 is 27.5 Å². The summed E-state index contributed by atoms with van der Waals surface area (Å²) in [5.74, 6) is 0.192. The Bertz CT molecular complexity index is 414. The van der Waals surface area contributed by atoms with Gasteiger partial charge in [0.25, 0.3) is 5.91 Å². The van der Waals surface area contributed by atoms with E-state index in [1.807, 2.05) is 0 Å². The Labute approximate surface area is 120 Å². The fourth-order valence-electron chi connectivity index (χ4n) is 1.59. The quantitative estimate of drug-likeness (QED) is 0.566. The van der Waals surface area contributed by atoms with E-state index < -0.39 is 0 Å². The van der Waals surface area contributed by atoms with Crippen LogP contribution in [0, 0.1) is 5.82 Å². The topological polar surface area (TPSA) is 20.3 Å². The summed E-state index contributed by atoms with van der Waals surface area (Å²) in [7, 11) is 1.75. The standard InChI is InChI=1S/C13H16BrClFNO/c1-17(8-4-2-3-7-15)13(18)11-6-5-10(16)9-12(11)14/h5-6,9H,2-4,7-8H2,1H3. The van der Waals surface area contributed by atoms with Gasteiger partial charge in [-0.05, 0) is 47.0 Å². The maximum atomic E-state index is 12.9. The van der Waals surface area contributed by atoms with Crippen LogP contribution < -0.4 is 0 Å². The van der Waals surface area contributed by atoms with Crippen molar-refractivity contribution in [3.8, 4) is 0 Å². The molecule has 1 rings (SSSR count). The van der Waals surface area contributed by atoms with Crippen molar-refractivity contribution in [3.63, 3.8) is 0 Å². The summed E-state index contributed by atoms with van der Waals surface area (Å²) in [4.78, 5) is 13.7. The highest BCUT2D eigenvalue weighted by molar-refractivity contribution is 9.10. The predicted octanol–water partition coefficient (Wildman–Crippen LogP) is 4.07. The lowest BCUT2D eigenvalue weighted by molar-refractivity contribution is 0.0792. The molecule has 100 valence electrons. The molecule has 0 bridgehead atoms. The average molecular weight is 337 g/mol. The van der Waals surface area contributed by atoms with Gasteiger partial charge >= 0.3 is 0 Å². The molecule has 0 aliphatic rings. The smallest absolute Gasteiger partial charge is 0.254 e. The van der Waals surface area contributed by atoms with Crippen LogP contribution in [-0.2, 0) is 0 Å². The van der Waals surface area contributed by atoms with Gasteiger partial charge in [-0.25, -0.2) is 4.39 Å². The highest BCUT2D eigenvalue weighted by atomic mass is 79.9. The first-order valence-electron chi connectivity index (χ1n) is 5.82. The lowest BCUT2D eigenvalue weighted by atomic mass is 10.2. The third-order valence-electron chi connectivity index (χ3n) is 2.64. The van der Waals surface area contributed by atoms with Gasteiger partial charge in [0.2, 0.25) is 0 Å². The number of benzene rings is 1. The van der Waals surface area contributed by atoms with Crippen LogP contribution in [0.2, 0.25) is 0 Å². The molecule has 0 saturated heterocycles. The van der Waals surface area contributed by atoms with E-state index in [2.05, 4.69) is 15.9 Å². The Morgan fingerprint density at radius 1 is 1.39 bits per heavy atom. The second-order valence-electron chi connectivity index (χ2n) is 4.10. The molecule has 0 radical (unpaired) electrons. The van der Waals surface area contributed by atoms with E-state index in [1.54, 1.807) is 11.9 Å². The molecule has 0 spiro atoms. The van der Waals surface area contributed by atoms with Crippen LogP contribution in [0.3, 0.4) is 0 Å². The molecule has 18 heavy (non-hydrogen) atoms. The van der Waals surface area contributed by atoms with Crippen LogP contribution in [0.1, 0.15) is 29.6 Å². The molecule has 1 aromatic rings. The normalized spacial score (nSPS) is 10.4. The number of halogens is 3. The zero-order valence-electron chi connectivity index (χ0n) is 10.3. The van der Waals surface area contributed by atoms with E-state index in [0.717, 1.165) is 19.3 Å². The second-order valence-corrected chi connectivity index (χ2v) is 5.33. The van der Waals surface area contributed by atoms with Crippen molar-refractivity contribution in [1.29, 1.82) is 0 Å². The van der Waals surface area contributed by atoms with E-state index in [1.165, 1.54) is 18.2 Å². The van der Waals surface area contributed by atoms with Crippen LogP contribution in [0.15, 0.2) is 22.7 Å². The average Bonchev–Trinajstić information content (AvgIpc) is 2.33. The Morgan fingerprint density at radius 2 is 2.11 bits per heavy atom. The first-order valence-corrected chi connectivity index (χ1v) is 7.15. The summed E-state index contributed by atoms with van der Waals surface area (Å²) in [6.45, 7) is 0.680. The first-order chi connectivity index (χ1) is 8.56. The number of amides is 1. The molecule has 0 N–H and O–H groups in total. The highest BCUT2D eigenvalue weighted by Crippen LogP contribution is 2.19. The summed E-state index contributed by atoms with van der Waals surface area (Å²) in [6, 6.07) is 4.09. The number of carbonyl (C=O) groups excluding carboxylic acids is 1. The SMILES string of the molecule is CN(CCCCCCl)C(=O)c1ccc(F)cc1Br. The molecule has 1 amide bonds. The largest absolute Gasteiger partial charge is 0.342 e. The van der Waals surface area contributed by atoms with Gasteiger partial charge in [-0.1, -0.05) is 6.42 Å². The monoisotopic (exact) mass is 335 g/mol. The second kappa shape index (κ2) is 7.74. The summed E-state index contributed by atoms with van der Waals surface area (Å²) in [6.07, 6.45) is 2.89. The Morgan fingerprint density at radius 3 is 2.72 bits per heavy atom. The van der Waals surface area contributed by atoms with Crippen molar-refractivity contribution in [1.82, 2.24) is 4.90 Å². The molecule has 0 fully saturated rings. The van der Waals surface area contributed by atoms with Gasteiger partial charge in [0.15, 0.2) is 0 Å². The van der Waals surface area contributed by atoms with Gasteiger partial charge < -0.3 is 4.90 Å². The van der Waals surface area contributed by atoms with Crippen molar-refractivity contribution < 1.29 is 9.18 Å². The zero-order valence-corrected chi connectivity index (χ0v) is 12.6. The van der Waals surface area contributed by atoms with Crippen molar-refractivity contribution in [2.75, 3.05) is 19.5 Å². The van der Waals surface area contributed by atoms with Gasteiger partial charge in [-0.2, -0.15) is 0 Å². The van der Waals surface area contributed by atoms with Crippen molar-refractivity contribution >= 4 is 33.4 Å². The van der Waals surface area contributed by atoms with Crippen molar-refractivity contribution in [2.24, 2.45) is 0 Å². The van der Waals surface area contributed by atoms with Gasteiger partial charge in [-0.15, -0.1) is 11.6 Å². The lowest BCUT2D eigenvalue weighted by Gasteiger charge is -2.17. The Kier molecular flexibility index (Phi) is 6.65. The third kappa shape index (κ3) is 4.58. The van der Waals surface area contributed by atoms with Gasteiger partial charge in [0.1, 0.15) is 5.82 Å². The summed E-state index contributed by atoms with van der Waals surface area (Å²) >= 11 is 8.79. The molecule has 5 heteroatoms. The van der Waals surface area contributed by atoms with E-state index in [-0.39, 0.29) is 11.7 Å². The number of nitrogens with zero attached hydrogens (tertiary/aromatic N) is 1. The van der Waals surface area contributed by atoms with E-state index in [4.69, 9.17) is 11.6 Å². The minimum absolute atomic E-state index is 0.104. The predicted molar refractivity (Wildman–Crippen MR) is 75.6 cm³/mol. The molecule has 1 aromatic carbocycles. The van der Waals surface area contributed by atoms with Crippen LogP contribution in [-0.4, -0.2) is 30.3 Å². The molecule has 0 saturated carbocycles. The number of unbranched alkanes of at least 4 members (excludes halogenated alkanes) is 2. The molecular formula is C13H16BrClFNO. The van der Waals surface area contributed by atoms with Gasteiger partial charge in [-0.3, -0.25) is 4.79 Å². The summed E-state index contributed by atoms with van der Waals surface area (Å²) < 4.78 is 13.4. The van der Waals surface area contributed by atoms with Crippen molar-refractivity contribution in [3.05, 3.63) is 34.1 Å². The number of carbonyl (C=O) groups is 1. The fourth-order valence-corrected chi connectivity index (χ4v) is 2.30. The molecular weight excluding hydrogens is 321 g/mol. The van der Waals surface area contributed by atoms with Crippen LogP contribution in [0.25, 0.3) is 0 Å². The number of rotatable bonds is 6. The third-order valence-corrected chi connectivity index (χ3v) is 3.56. The van der Waals surface area contributed by atoms with Gasteiger partial charge in [0.05, 0.1) is 5.56 Å². The minimum atomic E-state index is -0.358. The number of alkyl halides is 1. The first kappa shape index (κ1) is 15.4. The van der Waals surface area contributed by atoms with E-state index in [9.17, 15) is 9.18 Å². The van der Waals surface area contributed by atoms with Crippen molar-refractivity contribution in [2.45, 2.75) is 19.3 Å². The molecule has 0 aromatic heterocycles. The molecule has 2 nitrogen and oxygen atoms in total. The maximum absolute atomic E-state index is 12.9. The Hall–Kier alpha value is -0.610. The van der Waals surface area contributed by atoms with E-state index in [0.29, 0.717) is 22.5 Å². The molecule has 0 heterocycles. The Balaban J connectivity index is 2.57. The van der Waals surface area contributed by atoms with Gasteiger partial charge in [0, 0.05) is 23.9 Å². The summed E-state index contributed by atoms with van der Waals surface area (Å²) in [5, 5.41) is 0. The maximum Gasteiger partial charge on any atom is 0.254 e. The molecule has 0 atom stereocenters. The lowest BCUT2D eigenvalue weighted by Crippen LogP contribution is -2.28. The molecule has 0 unspecified atom stereocenters.